The minimum atomic E-state index is -0.628. The van der Waals surface area contributed by atoms with Gasteiger partial charge in [0.2, 0.25) is 0 Å². The molecule has 3 fully saturated rings. The number of benzene rings is 4. The second-order valence-electron chi connectivity index (χ2n) is 10.6. The fourth-order valence-electron chi connectivity index (χ4n) is 7.09. The van der Waals surface area contributed by atoms with Gasteiger partial charge in [-0.3, -0.25) is 4.79 Å². The highest BCUT2D eigenvalue weighted by Gasteiger charge is 2.64. The molecule has 4 aromatic rings. The van der Waals surface area contributed by atoms with Crippen molar-refractivity contribution in [2.24, 2.45) is 23.7 Å². The molecule has 5 nitrogen and oxygen atoms in total. The summed E-state index contributed by atoms with van der Waals surface area (Å²) >= 11 is 0. The van der Waals surface area contributed by atoms with Gasteiger partial charge in [-0.1, -0.05) is 60.7 Å². The van der Waals surface area contributed by atoms with Gasteiger partial charge < -0.3 is 9.47 Å². The number of hydrogen-bond donors (Lipinski definition) is 0. The van der Waals surface area contributed by atoms with E-state index in [0.29, 0.717) is 17.5 Å². The Morgan fingerprint density at radius 1 is 0.622 bits per heavy atom. The van der Waals surface area contributed by atoms with Crippen LogP contribution in [-0.4, -0.2) is 29.9 Å². The van der Waals surface area contributed by atoms with Crippen molar-refractivity contribution in [1.82, 2.24) is 0 Å². The normalized spacial score (nSPS) is 27.9. The Hall–Kier alpha value is -3.99. The standard InChI is InChI=1S/C32H26O5/c33-27-14-13-24-25-17-26(28(24)27)30(37-32(35)23-12-10-19-6-2-4-8-21(19)16-23)29(25)36-31(34)22-11-9-18-5-1-3-7-20(18)15-22/h1-12,15-16,24-26,28-30H,13-14,17H2. The van der Waals surface area contributed by atoms with Crippen molar-refractivity contribution in [2.75, 3.05) is 0 Å². The molecule has 3 aliphatic rings. The smallest absolute Gasteiger partial charge is 0.338 e. The Morgan fingerprint density at radius 2 is 1.14 bits per heavy atom. The van der Waals surface area contributed by atoms with Crippen LogP contribution in [0.25, 0.3) is 21.5 Å². The molecular formula is C32H26O5. The molecule has 5 heteroatoms. The lowest BCUT2D eigenvalue weighted by molar-refractivity contribution is -0.127. The molecule has 7 rings (SSSR count). The Kier molecular flexibility index (Phi) is 5.13. The molecule has 37 heavy (non-hydrogen) atoms. The Morgan fingerprint density at radius 3 is 1.70 bits per heavy atom. The van der Waals surface area contributed by atoms with Gasteiger partial charge in [0, 0.05) is 24.2 Å². The molecule has 0 radical (unpaired) electrons. The van der Waals surface area contributed by atoms with Gasteiger partial charge in [-0.25, -0.2) is 9.59 Å². The average molecular weight is 491 g/mol. The SMILES string of the molecule is O=C(OC1C2CC(C1OC(=O)c1ccc3ccccc3c1)C1C(=O)CCC21)c1ccc2ccccc2c1. The number of ether oxygens (including phenoxy) is 2. The van der Waals surface area contributed by atoms with Gasteiger partial charge >= 0.3 is 11.9 Å². The van der Waals surface area contributed by atoms with Crippen LogP contribution in [0.3, 0.4) is 0 Å². The van der Waals surface area contributed by atoms with E-state index in [2.05, 4.69) is 0 Å². The summed E-state index contributed by atoms with van der Waals surface area (Å²) in [5.41, 5.74) is 0.926. The molecule has 3 saturated carbocycles. The second kappa shape index (κ2) is 8.55. The molecule has 4 aromatic carbocycles. The van der Waals surface area contributed by atoms with E-state index in [-0.39, 0.29) is 29.5 Å². The van der Waals surface area contributed by atoms with E-state index in [4.69, 9.17) is 9.47 Å². The van der Waals surface area contributed by atoms with Gasteiger partial charge in [0.15, 0.2) is 0 Å². The fourth-order valence-corrected chi connectivity index (χ4v) is 7.09. The number of fused-ring (bicyclic) bond motifs is 7. The molecule has 3 aliphatic carbocycles. The quantitative estimate of drug-likeness (QED) is 0.329. The van der Waals surface area contributed by atoms with E-state index >= 15 is 0 Å². The number of hydrogen-bond acceptors (Lipinski definition) is 5. The molecule has 6 unspecified atom stereocenters. The van der Waals surface area contributed by atoms with Crippen molar-refractivity contribution in [1.29, 1.82) is 0 Å². The average Bonchev–Trinajstić information content (AvgIpc) is 3.60. The number of esters is 2. The van der Waals surface area contributed by atoms with Crippen LogP contribution in [0.2, 0.25) is 0 Å². The molecule has 0 spiro atoms. The summed E-state index contributed by atoms with van der Waals surface area (Å²) in [4.78, 5) is 39.3. The van der Waals surface area contributed by atoms with E-state index in [1.54, 1.807) is 12.1 Å². The lowest BCUT2D eigenvalue weighted by Crippen LogP contribution is -2.46. The second-order valence-corrected chi connectivity index (χ2v) is 10.6. The highest BCUT2D eigenvalue weighted by Crippen LogP contribution is 2.59. The molecule has 0 saturated heterocycles. The van der Waals surface area contributed by atoms with Crippen molar-refractivity contribution < 1.29 is 23.9 Å². The van der Waals surface area contributed by atoms with Gasteiger partial charge in [0.1, 0.15) is 18.0 Å². The summed E-state index contributed by atoms with van der Waals surface area (Å²) in [5, 5.41) is 4.01. The minimum absolute atomic E-state index is 0.0280. The zero-order valence-corrected chi connectivity index (χ0v) is 20.2. The third-order valence-corrected chi connectivity index (χ3v) is 8.74. The van der Waals surface area contributed by atoms with Crippen molar-refractivity contribution in [2.45, 2.75) is 31.5 Å². The number of Topliss-reactive ketones (excluding diaryl/α,β-unsaturated/α-hetero) is 1. The van der Waals surface area contributed by atoms with Crippen LogP contribution in [0.1, 0.15) is 40.0 Å². The first-order valence-corrected chi connectivity index (χ1v) is 13.0. The summed E-state index contributed by atoms with van der Waals surface area (Å²) in [6.45, 7) is 0. The van der Waals surface area contributed by atoms with E-state index < -0.39 is 24.1 Å². The van der Waals surface area contributed by atoms with E-state index in [1.807, 2.05) is 72.8 Å². The topological polar surface area (TPSA) is 69.7 Å². The summed E-state index contributed by atoms with van der Waals surface area (Å²) in [6.07, 6.45) is 0.933. The van der Waals surface area contributed by atoms with E-state index in [1.165, 1.54) is 0 Å². The van der Waals surface area contributed by atoms with Gasteiger partial charge in [-0.2, -0.15) is 0 Å². The fraction of sp³-hybridized carbons (Fsp3) is 0.281. The lowest BCUT2D eigenvalue weighted by Gasteiger charge is -2.36. The first-order valence-electron chi connectivity index (χ1n) is 13.0. The van der Waals surface area contributed by atoms with Crippen molar-refractivity contribution >= 4 is 39.3 Å². The predicted molar refractivity (Wildman–Crippen MR) is 139 cm³/mol. The van der Waals surface area contributed by atoms with Crippen LogP contribution < -0.4 is 0 Å². The third kappa shape index (κ3) is 3.64. The molecule has 6 atom stereocenters. The zero-order valence-electron chi connectivity index (χ0n) is 20.2. The predicted octanol–water partition coefficient (Wildman–Crippen LogP) is 5.99. The first-order chi connectivity index (χ1) is 18.1. The minimum Gasteiger partial charge on any atom is -0.455 e. The zero-order chi connectivity index (χ0) is 25.1. The number of carbonyl (C=O) groups is 3. The Balaban J connectivity index is 1.17. The molecule has 0 heterocycles. The Labute approximate surface area is 214 Å². The molecule has 2 bridgehead atoms. The molecule has 184 valence electrons. The molecule has 0 aromatic heterocycles. The van der Waals surface area contributed by atoms with Crippen molar-refractivity contribution in [3.05, 3.63) is 96.1 Å². The van der Waals surface area contributed by atoms with Gasteiger partial charge in [-0.05, 0) is 64.6 Å². The number of ketones is 1. The summed E-state index contributed by atoms with van der Waals surface area (Å²) < 4.78 is 12.2. The van der Waals surface area contributed by atoms with Gasteiger partial charge in [0.05, 0.1) is 11.1 Å². The summed E-state index contributed by atoms with van der Waals surface area (Å²) in [5.74, 6) is -0.599. The maximum Gasteiger partial charge on any atom is 0.338 e. The van der Waals surface area contributed by atoms with Crippen LogP contribution in [0.15, 0.2) is 84.9 Å². The monoisotopic (exact) mass is 490 g/mol. The van der Waals surface area contributed by atoms with Crippen LogP contribution in [0.5, 0.6) is 0 Å². The van der Waals surface area contributed by atoms with Crippen LogP contribution in [0.4, 0.5) is 0 Å². The highest BCUT2D eigenvalue weighted by atomic mass is 16.6. The van der Waals surface area contributed by atoms with E-state index in [9.17, 15) is 14.4 Å². The molecular weight excluding hydrogens is 464 g/mol. The number of carbonyl (C=O) groups excluding carboxylic acids is 3. The van der Waals surface area contributed by atoms with Crippen molar-refractivity contribution in [3.8, 4) is 0 Å². The molecule has 0 aliphatic heterocycles. The van der Waals surface area contributed by atoms with E-state index in [0.717, 1.165) is 34.4 Å². The lowest BCUT2D eigenvalue weighted by atomic mass is 9.78. The highest BCUT2D eigenvalue weighted by molar-refractivity contribution is 5.97. The molecule has 0 N–H and O–H groups in total. The number of rotatable bonds is 4. The summed E-state index contributed by atoms with van der Waals surface area (Å²) in [7, 11) is 0. The van der Waals surface area contributed by atoms with Crippen LogP contribution in [0, 0.1) is 23.7 Å². The summed E-state index contributed by atoms with van der Waals surface area (Å²) in [6, 6.07) is 26.7. The van der Waals surface area contributed by atoms with Crippen LogP contribution >= 0.6 is 0 Å². The van der Waals surface area contributed by atoms with Crippen LogP contribution in [-0.2, 0) is 14.3 Å². The first kappa shape index (κ1) is 22.2. The maximum atomic E-state index is 13.3. The molecule has 0 amide bonds. The largest absolute Gasteiger partial charge is 0.455 e. The third-order valence-electron chi connectivity index (χ3n) is 8.74. The van der Waals surface area contributed by atoms with Gasteiger partial charge in [-0.15, -0.1) is 0 Å². The maximum absolute atomic E-state index is 13.3. The Bertz CT molecular complexity index is 1570. The van der Waals surface area contributed by atoms with Crippen molar-refractivity contribution in [3.63, 3.8) is 0 Å². The van der Waals surface area contributed by atoms with Gasteiger partial charge in [0.25, 0.3) is 0 Å².